The van der Waals surface area contributed by atoms with Gasteiger partial charge in [-0.3, -0.25) is 9.59 Å². The largest absolute Gasteiger partial charge is 0.355 e. The van der Waals surface area contributed by atoms with E-state index in [2.05, 4.69) is 10.6 Å². The Hall–Kier alpha value is -1.01. The van der Waals surface area contributed by atoms with Crippen molar-refractivity contribution in [1.82, 2.24) is 10.6 Å². The van der Waals surface area contributed by atoms with Gasteiger partial charge in [0.1, 0.15) is 0 Å². The number of piperidine rings is 1. The molecule has 5 nitrogen and oxygen atoms in total. The van der Waals surface area contributed by atoms with E-state index in [-0.39, 0.29) is 36.6 Å². The van der Waals surface area contributed by atoms with Gasteiger partial charge in [-0.15, -0.1) is 12.4 Å². The maximum atomic E-state index is 12.4. The molecule has 2 amide bonds. The van der Waals surface area contributed by atoms with Crippen LogP contribution in [-0.4, -0.2) is 38.0 Å². The van der Waals surface area contributed by atoms with Gasteiger partial charge < -0.3 is 15.5 Å². The fraction of sp³-hybridized carbons (Fsp3) is 0.529. The zero-order valence-electron chi connectivity index (χ0n) is 13.8. The summed E-state index contributed by atoms with van der Waals surface area (Å²) < 4.78 is 0. The van der Waals surface area contributed by atoms with Gasteiger partial charge in [0.15, 0.2) is 0 Å². The molecule has 0 aromatic heterocycles. The average Bonchev–Trinajstić information content (AvgIpc) is 2.95. The third-order valence-electron chi connectivity index (χ3n) is 4.62. The van der Waals surface area contributed by atoms with Gasteiger partial charge in [0.2, 0.25) is 11.8 Å². The third kappa shape index (κ3) is 5.23. The molecule has 25 heavy (non-hydrogen) atoms. The van der Waals surface area contributed by atoms with E-state index in [4.69, 9.17) is 23.2 Å². The molecule has 138 valence electrons. The summed E-state index contributed by atoms with van der Waals surface area (Å²) in [5.74, 6) is 0.0202. The monoisotopic (exact) mass is 405 g/mol. The number of hydrogen-bond donors (Lipinski definition) is 2. The summed E-state index contributed by atoms with van der Waals surface area (Å²) in [6.07, 6.45) is 2.49. The van der Waals surface area contributed by atoms with Crippen LogP contribution in [0.4, 0.5) is 5.69 Å². The van der Waals surface area contributed by atoms with Crippen LogP contribution in [0, 0.1) is 11.8 Å². The first-order chi connectivity index (χ1) is 11.5. The second kappa shape index (κ2) is 9.08. The highest BCUT2D eigenvalue weighted by Crippen LogP contribution is 2.30. The molecular formula is C17H22Cl3N3O2. The zero-order valence-corrected chi connectivity index (χ0v) is 16.1. The quantitative estimate of drug-likeness (QED) is 0.808. The highest BCUT2D eigenvalue weighted by molar-refractivity contribution is 6.35. The van der Waals surface area contributed by atoms with Crippen LogP contribution < -0.4 is 15.5 Å². The van der Waals surface area contributed by atoms with E-state index >= 15 is 0 Å². The molecule has 2 fully saturated rings. The number of benzene rings is 1. The second-order valence-electron chi connectivity index (χ2n) is 6.49. The van der Waals surface area contributed by atoms with Crippen LogP contribution in [0.1, 0.15) is 19.3 Å². The van der Waals surface area contributed by atoms with Crippen LogP contribution in [0.5, 0.6) is 0 Å². The zero-order chi connectivity index (χ0) is 17.1. The Kier molecular flexibility index (Phi) is 7.37. The van der Waals surface area contributed by atoms with Crippen molar-refractivity contribution in [3.05, 3.63) is 28.2 Å². The van der Waals surface area contributed by atoms with Crippen molar-refractivity contribution in [1.29, 1.82) is 0 Å². The van der Waals surface area contributed by atoms with Crippen LogP contribution >= 0.6 is 35.6 Å². The summed E-state index contributed by atoms with van der Waals surface area (Å²) in [4.78, 5) is 26.2. The average molecular weight is 407 g/mol. The van der Waals surface area contributed by atoms with Crippen LogP contribution in [-0.2, 0) is 9.59 Å². The Morgan fingerprint density at radius 1 is 1.28 bits per heavy atom. The maximum absolute atomic E-state index is 12.4. The molecule has 2 unspecified atom stereocenters. The molecule has 2 N–H and O–H groups in total. The molecular weight excluding hydrogens is 385 g/mol. The van der Waals surface area contributed by atoms with Gasteiger partial charge >= 0.3 is 0 Å². The van der Waals surface area contributed by atoms with Gasteiger partial charge in [0.05, 0.1) is 5.92 Å². The highest BCUT2D eigenvalue weighted by Gasteiger charge is 2.35. The number of hydrogen-bond acceptors (Lipinski definition) is 3. The molecule has 0 bridgehead atoms. The highest BCUT2D eigenvalue weighted by atomic mass is 35.5. The van der Waals surface area contributed by atoms with Gasteiger partial charge in [0, 0.05) is 35.2 Å². The molecule has 1 aromatic rings. The van der Waals surface area contributed by atoms with Crippen LogP contribution in [0.2, 0.25) is 10.0 Å². The topological polar surface area (TPSA) is 61.4 Å². The number of carbonyl (C=O) groups is 2. The number of carbonyl (C=O) groups excluding carboxylic acids is 2. The van der Waals surface area contributed by atoms with E-state index in [1.54, 1.807) is 23.1 Å². The lowest BCUT2D eigenvalue weighted by Crippen LogP contribution is -2.40. The molecule has 0 aliphatic carbocycles. The minimum absolute atomic E-state index is 0. The number of nitrogens with zero attached hydrogens (tertiary/aromatic N) is 1. The maximum Gasteiger partial charge on any atom is 0.227 e. The molecule has 2 aliphatic heterocycles. The van der Waals surface area contributed by atoms with E-state index < -0.39 is 0 Å². The van der Waals surface area contributed by atoms with E-state index in [1.165, 1.54) is 0 Å². The predicted octanol–water partition coefficient (Wildman–Crippen LogP) is 2.88. The molecule has 0 radical (unpaired) electrons. The smallest absolute Gasteiger partial charge is 0.227 e. The van der Waals surface area contributed by atoms with Crippen molar-refractivity contribution in [2.24, 2.45) is 11.8 Å². The van der Waals surface area contributed by atoms with Crippen molar-refractivity contribution in [2.75, 3.05) is 31.1 Å². The van der Waals surface area contributed by atoms with E-state index in [9.17, 15) is 9.59 Å². The Balaban J connectivity index is 0.00000225. The lowest BCUT2D eigenvalue weighted by Gasteiger charge is -2.23. The van der Waals surface area contributed by atoms with Gasteiger partial charge in [-0.05, 0) is 50.0 Å². The molecule has 2 aliphatic rings. The van der Waals surface area contributed by atoms with E-state index in [0.717, 1.165) is 25.9 Å². The lowest BCUT2D eigenvalue weighted by atomic mass is 9.99. The predicted molar refractivity (Wildman–Crippen MR) is 103 cm³/mol. The third-order valence-corrected chi connectivity index (χ3v) is 5.06. The first kappa shape index (κ1) is 20.3. The Morgan fingerprint density at radius 3 is 2.64 bits per heavy atom. The van der Waals surface area contributed by atoms with E-state index in [0.29, 0.717) is 34.7 Å². The van der Waals surface area contributed by atoms with Gasteiger partial charge in [0.25, 0.3) is 0 Å². The van der Waals surface area contributed by atoms with Gasteiger partial charge in [-0.1, -0.05) is 23.2 Å². The van der Waals surface area contributed by atoms with Crippen molar-refractivity contribution in [3.8, 4) is 0 Å². The van der Waals surface area contributed by atoms with Gasteiger partial charge in [-0.2, -0.15) is 0 Å². The minimum Gasteiger partial charge on any atom is -0.355 e. The number of halogens is 3. The normalized spacial score (nSPS) is 23.3. The Morgan fingerprint density at radius 2 is 2.00 bits per heavy atom. The summed E-state index contributed by atoms with van der Waals surface area (Å²) in [5.41, 5.74) is 0.643. The summed E-state index contributed by atoms with van der Waals surface area (Å²) in [5, 5.41) is 7.29. The Bertz CT molecular complexity index is 615. The molecule has 8 heteroatoms. The first-order valence-corrected chi connectivity index (χ1v) is 9.03. The van der Waals surface area contributed by atoms with Crippen molar-refractivity contribution in [2.45, 2.75) is 19.3 Å². The van der Waals surface area contributed by atoms with Gasteiger partial charge in [-0.25, -0.2) is 0 Å². The summed E-state index contributed by atoms with van der Waals surface area (Å²) in [6, 6.07) is 5.01. The number of nitrogens with one attached hydrogen (secondary N) is 2. The van der Waals surface area contributed by atoms with Crippen molar-refractivity contribution in [3.63, 3.8) is 0 Å². The number of anilines is 1. The molecule has 0 spiro atoms. The molecule has 2 atom stereocenters. The second-order valence-corrected chi connectivity index (χ2v) is 7.36. The van der Waals surface area contributed by atoms with Crippen LogP contribution in [0.3, 0.4) is 0 Å². The summed E-state index contributed by atoms with van der Waals surface area (Å²) >= 11 is 12.0. The lowest BCUT2D eigenvalue weighted by molar-refractivity contribution is -0.126. The van der Waals surface area contributed by atoms with Crippen LogP contribution in [0.25, 0.3) is 0 Å². The summed E-state index contributed by atoms with van der Waals surface area (Å²) in [6.45, 7) is 3.03. The minimum atomic E-state index is -0.327. The fourth-order valence-electron chi connectivity index (χ4n) is 3.32. The standard InChI is InChI=1S/C17H21Cl2N3O2.ClH/c18-13-5-14(19)7-15(6-13)22-10-12(4-16(22)23)17(24)21-9-11-2-1-3-20-8-11;/h5-7,11-12,20H,1-4,8-10H2,(H,21,24);1H. The first-order valence-electron chi connectivity index (χ1n) is 8.28. The van der Waals surface area contributed by atoms with E-state index in [1.807, 2.05) is 0 Å². The molecule has 1 aromatic carbocycles. The van der Waals surface area contributed by atoms with Crippen molar-refractivity contribution >= 4 is 53.1 Å². The molecule has 2 heterocycles. The van der Waals surface area contributed by atoms with Crippen LogP contribution in [0.15, 0.2) is 18.2 Å². The number of rotatable bonds is 4. The summed E-state index contributed by atoms with van der Waals surface area (Å²) in [7, 11) is 0. The Labute approximate surface area is 163 Å². The molecule has 2 saturated heterocycles. The molecule has 0 saturated carbocycles. The van der Waals surface area contributed by atoms with Crippen molar-refractivity contribution < 1.29 is 9.59 Å². The number of amides is 2. The SMILES string of the molecule is Cl.O=C(NCC1CCCNC1)C1CC(=O)N(c2cc(Cl)cc(Cl)c2)C1. The molecule has 3 rings (SSSR count). The fourth-order valence-corrected chi connectivity index (χ4v) is 3.83.